The molecular formula is C20H19F3N2O3. The van der Waals surface area contributed by atoms with Gasteiger partial charge >= 0.3 is 6.18 Å². The van der Waals surface area contributed by atoms with Gasteiger partial charge in [-0.1, -0.05) is 0 Å². The van der Waals surface area contributed by atoms with Crippen LogP contribution in [0, 0.1) is 0 Å². The zero-order valence-electron chi connectivity index (χ0n) is 15.2. The van der Waals surface area contributed by atoms with E-state index in [0.717, 1.165) is 12.1 Å². The zero-order valence-corrected chi connectivity index (χ0v) is 15.2. The molecule has 0 aliphatic carbocycles. The van der Waals surface area contributed by atoms with Crippen molar-refractivity contribution in [2.24, 2.45) is 0 Å². The van der Waals surface area contributed by atoms with Gasteiger partial charge < -0.3 is 14.5 Å². The standard InChI is InChI=1S/C20H19F3N2O3/c1-28-17-8-4-15(5-9-17)19(27)25-12-10-24(11-13-25)18(26)14-2-6-16(7-3-14)20(21,22)23/h2-9H,10-13H2,1H3. The average molecular weight is 392 g/mol. The fourth-order valence-electron chi connectivity index (χ4n) is 3.01. The van der Waals surface area contributed by atoms with Gasteiger partial charge in [0, 0.05) is 37.3 Å². The first-order valence-electron chi connectivity index (χ1n) is 8.69. The molecule has 2 aromatic rings. The van der Waals surface area contributed by atoms with Crippen molar-refractivity contribution < 1.29 is 27.5 Å². The Morgan fingerprint density at radius 1 is 0.786 bits per heavy atom. The Morgan fingerprint density at radius 2 is 1.18 bits per heavy atom. The number of rotatable bonds is 3. The molecule has 1 saturated heterocycles. The lowest BCUT2D eigenvalue weighted by molar-refractivity contribution is -0.137. The van der Waals surface area contributed by atoms with Crippen LogP contribution in [0.2, 0.25) is 0 Å². The lowest BCUT2D eigenvalue weighted by Gasteiger charge is -2.35. The molecule has 0 unspecified atom stereocenters. The third kappa shape index (κ3) is 4.27. The van der Waals surface area contributed by atoms with E-state index in [1.165, 1.54) is 12.1 Å². The fourth-order valence-corrected chi connectivity index (χ4v) is 3.01. The van der Waals surface area contributed by atoms with Crippen molar-refractivity contribution in [3.8, 4) is 5.75 Å². The number of piperazine rings is 1. The molecule has 0 spiro atoms. The van der Waals surface area contributed by atoms with Crippen molar-refractivity contribution in [2.45, 2.75) is 6.18 Å². The molecule has 3 rings (SSSR count). The smallest absolute Gasteiger partial charge is 0.416 e. The Bertz CT molecular complexity index is 840. The van der Waals surface area contributed by atoms with Crippen LogP contribution in [-0.2, 0) is 6.18 Å². The molecule has 1 fully saturated rings. The van der Waals surface area contributed by atoms with Crippen LogP contribution in [0.5, 0.6) is 5.75 Å². The molecule has 0 N–H and O–H groups in total. The molecule has 8 heteroatoms. The third-order valence-corrected chi connectivity index (χ3v) is 4.65. The van der Waals surface area contributed by atoms with Gasteiger partial charge in [-0.3, -0.25) is 9.59 Å². The number of carbonyl (C=O) groups is 2. The van der Waals surface area contributed by atoms with Gasteiger partial charge in [-0.05, 0) is 48.5 Å². The minimum absolute atomic E-state index is 0.135. The normalized spacial score (nSPS) is 14.7. The Balaban J connectivity index is 1.59. The molecule has 5 nitrogen and oxygen atoms in total. The van der Waals surface area contributed by atoms with Crippen LogP contribution in [0.3, 0.4) is 0 Å². The summed E-state index contributed by atoms with van der Waals surface area (Å²) in [4.78, 5) is 28.3. The summed E-state index contributed by atoms with van der Waals surface area (Å²) in [6, 6.07) is 10.9. The summed E-state index contributed by atoms with van der Waals surface area (Å²) in [6.45, 7) is 1.36. The molecule has 1 heterocycles. The van der Waals surface area contributed by atoms with Crippen LogP contribution in [0.15, 0.2) is 48.5 Å². The minimum Gasteiger partial charge on any atom is -0.497 e. The number of carbonyl (C=O) groups excluding carboxylic acids is 2. The van der Waals surface area contributed by atoms with E-state index in [1.54, 1.807) is 41.2 Å². The van der Waals surface area contributed by atoms with E-state index in [-0.39, 0.29) is 17.4 Å². The maximum atomic E-state index is 12.6. The molecule has 148 valence electrons. The second-order valence-electron chi connectivity index (χ2n) is 6.39. The number of nitrogens with zero attached hydrogens (tertiary/aromatic N) is 2. The monoisotopic (exact) mass is 392 g/mol. The SMILES string of the molecule is COc1ccc(C(=O)N2CCN(C(=O)c3ccc(C(F)(F)F)cc3)CC2)cc1. The van der Waals surface area contributed by atoms with E-state index in [2.05, 4.69) is 0 Å². The summed E-state index contributed by atoms with van der Waals surface area (Å²) in [5.74, 6) is 0.179. The van der Waals surface area contributed by atoms with Crippen LogP contribution in [-0.4, -0.2) is 54.9 Å². The quantitative estimate of drug-likeness (QED) is 0.805. The Hall–Kier alpha value is -3.03. The summed E-state index contributed by atoms with van der Waals surface area (Å²) in [5.41, 5.74) is -0.0646. The Morgan fingerprint density at radius 3 is 1.54 bits per heavy atom. The predicted octanol–water partition coefficient (Wildman–Crippen LogP) is 3.31. The highest BCUT2D eigenvalue weighted by atomic mass is 19.4. The van der Waals surface area contributed by atoms with Gasteiger partial charge in [0.15, 0.2) is 0 Å². The fraction of sp³-hybridized carbons (Fsp3) is 0.300. The molecular weight excluding hydrogens is 373 g/mol. The van der Waals surface area contributed by atoms with Crippen molar-refractivity contribution in [3.63, 3.8) is 0 Å². The maximum absolute atomic E-state index is 12.6. The number of ether oxygens (including phenoxy) is 1. The number of halogens is 3. The molecule has 2 amide bonds. The number of alkyl halides is 3. The second-order valence-corrected chi connectivity index (χ2v) is 6.39. The van der Waals surface area contributed by atoms with E-state index in [9.17, 15) is 22.8 Å². The topological polar surface area (TPSA) is 49.9 Å². The van der Waals surface area contributed by atoms with Gasteiger partial charge in [0.25, 0.3) is 11.8 Å². The van der Waals surface area contributed by atoms with Gasteiger partial charge in [-0.15, -0.1) is 0 Å². The lowest BCUT2D eigenvalue weighted by Crippen LogP contribution is -2.50. The number of hydrogen-bond donors (Lipinski definition) is 0. The van der Waals surface area contributed by atoms with E-state index < -0.39 is 11.7 Å². The molecule has 0 saturated carbocycles. The van der Waals surface area contributed by atoms with Crippen molar-refractivity contribution in [2.75, 3.05) is 33.3 Å². The first kappa shape index (κ1) is 19.7. The highest BCUT2D eigenvalue weighted by Gasteiger charge is 2.31. The van der Waals surface area contributed by atoms with E-state index in [1.807, 2.05) is 0 Å². The van der Waals surface area contributed by atoms with Crippen molar-refractivity contribution in [3.05, 3.63) is 65.2 Å². The van der Waals surface area contributed by atoms with E-state index in [0.29, 0.717) is 37.5 Å². The molecule has 2 aromatic carbocycles. The Kier molecular flexibility index (Phi) is 5.58. The molecule has 0 atom stereocenters. The van der Waals surface area contributed by atoms with Crippen molar-refractivity contribution in [1.29, 1.82) is 0 Å². The average Bonchev–Trinajstić information content (AvgIpc) is 2.72. The van der Waals surface area contributed by atoms with Gasteiger partial charge in [0.2, 0.25) is 0 Å². The minimum atomic E-state index is -4.44. The number of methoxy groups -OCH3 is 1. The summed E-state index contributed by atoms with van der Waals surface area (Å²) < 4.78 is 43.0. The summed E-state index contributed by atoms with van der Waals surface area (Å²) in [5, 5.41) is 0. The van der Waals surface area contributed by atoms with Gasteiger partial charge in [-0.25, -0.2) is 0 Å². The molecule has 0 radical (unpaired) electrons. The molecule has 1 aliphatic rings. The van der Waals surface area contributed by atoms with Crippen LogP contribution < -0.4 is 4.74 Å². The maximum Gasteiger partial charge on any atom is 0.416 e. The first-order valence-corrected chi connectivity index (χ1v) is 8.69. The summed E-state index contributed by atoms with van der Waals surface area (Å²) in [7, 11) is 1.55. The van der Waals surface area contributed by atoms with Crippen LogP contribution in [0.25, 0.3) is 0 Å². The molecule has 1 aliphatic heterocycles. The number of benzene rings is 2. The number of amides is 2. The van der Waals surface area contributed by atoms with Crippen LogP contribution >= 0.6 is 0 Å². The highest BCUT2D eigenvalue weighted by Crippen LogP contribution is 2.29. The zero-order chi connectivity index (χ0) is 20.3. The molecule has 28 heavy (non-hydrogen) atoms. The van der Waals surface area contributed by atoms with Gasteiger partial charge in [-0.2, -0.15) is 13.2 Å². The van der Waals surface area contributed by atoms with E-state index >= 15 is 0 Å². The third-order valence-electron chi connectivity index (χ3n) is 4.65. The van der Waals surface area contributed by atoms with Crippen LogP contribution in [0.1, 0.15) is 26.3 Å². The van der Waals surface area contributed by atoms with Crippen molar-refractivity contribution in [1.82, 2.24) is 9.80 Å². The van der Waals surface area contributed by atoms with Crippen LogP contribution in [0.4, 0.5) is 13.2 Å². The number of hydrogen-bond acceptors (Lipinski definition) is 3. The molecule has 0 aromatic heterocycles. The van der Waals surface area contributed by atoms with Crippen molar-refractivity contribution >= 4 is 11.8 Å². The summed E-state index contributed by atoms with van der Waals surface area (Å²) in [6.07, 6.45) is -4.44. The van der Waals surface area contributed by atoms with E-state index in [4.69, 9.17) is 4.74 Å². The summed E-state index contributed by atoms with van der Waals surface area (Å²) >= 11 is 0. The Labute approximate surface area is 160 Å². The highest BCUT2D eigenvalue weighted by molar-refractivity contribution is 5.96. The lowest BCUT2D eigenvalue weighted by atomic mass is 10.1. The van der Waals surface area contributed by atoms with Gasteiger partial charge in [0.05, 0.1) is 12.7 Å². The second kappa shape index (κ2) is 7.92. The molecule has 0 bridgehead atoms. The van der Waals surface area contributed by atoms with Gasteiger partial charge in [0.1, 0.15) is 5.75 Å². The first-order chi connectivity index (χ1) is 13.3. The largest absolute Gasteiger partial charge is 0.497 e. The predicted molar refractivity (Wildman–Crippen MR) is 96.2 cm³/mol.